The Labute approximate surface area is 151 Å². The summed E-state index contributed by atoms with van der Waals surface area (Å²) in [5.41, 5.74) is 1.41. The van der Waals surface area contributed by atoms with Gasteiger partial charge < -0.3 is 10.6 Å². The van der Waals surface area contributed by atoms with Crippen LogP contribution in [0.4, 0.5) is 5.82 Å². The Bertz CT molecular complexity index is 822. The van der Waals surface area contributed by atoms with Crippen molar-refractivity contribution in [2.45, 2.75) is 52.5 Å². The van der Waals surface area contributed by atoms with Crippen LogP contribution in [-0.2, 0) is 14.4 Å². The summed E-state index contributed by atoms with van der Waals surface area (Å²) in [6, 6.07) is 1.49. The molecule has 9 nitrogen and oxygen atoms in total. The van der Waals surface area contributed by atoms with Gasteiger partial charge in [0.2, 0.25) is 0 Å². The molecule has 2 unspecified atom stereocenters. The van der Waals surface area contributed by atoms with Crippen LogP contribution in [0, 0.1) is 12.8 Å². The molecular weight excluding hydrogens is 336 g/mol. The van der Waals surface area contributed by atoms with E-state index in [1.165, 1.54) is 4.68 Å². The van der Waals surface area contributed by atoms with Gasteiger partial charge in [-0.15, -0.1) is 0 Å². The van der Waals surface area contributed by atoms with Gasteiger partial charge in [0.15, 0.2) is 0 Å². The van der Waals surface area contributed by atoms with E-state index in [2.05, 4.69) is 25.7 Å². The van der Waals surface area contributed by atoms with Gasteiger partial charge >= 0.3 is 11.8 Å². The van der Waals surface area contributed by atoms with E-state index >= 15 is 0 Å². The smallest absolute Gasteiger partial charge is 0.314 e. The lowest BCUT2D eigenvalue weighted by Gasteiger charge is -2.15. The lowest BCUT2D eigenvalue weighted by Crippen LogP contribution is -2.40. The van der Waals surface area contributed by atoms with Gasteiger partial charge in [-0.25, -0.2) is 4.99 Å². The molecule has 138 valence electrons. The molecule has 1 saturated carbocycles. The molecule has 9 heteroatoms. The van der Waals surface area contributed by atoms with Gasteiger partial charge in [-0.1, -0.05) is 6.92 Å². The third kappa shape index (κ3) is 3.56. The van der Waals surface area contributed by atoms with E-state index in [0.29, 0.717) is 12.1 Å². The second-order valence-electron chi connectivity index (χ2n) is 6.62. The minimum atomic E-state index is -0.805. The second-order valence-corrected chi connectivity index (χ2v) is 6.62. The Morgan fingerprint density at radius 2 is 2.12 bits per heavy atom. The van der Waals surface area contributed by atoms with E-state index in [1.54, 1.807) is 13.0 Å². The number of anilines is 1. The van der Waals surface area contributed by atoms with Crippen LogP contribution in [-0.4, -0.2) is 45.2 Å². The maximum absolute atomic E-state index is 12.2. The first-order chi connectivity index (χ1) is 12.4. The van der Waals surface area contributed by atoms with E-state index in [-0.39, 0.29) is 29.6 Å². The van der Waals surface area contributed by atoms with Crippen molar-refractivity contribution < 1.29 is 14.4 Å². The van der Waals surface area contributed by atoms with Gasteiger partial charge in [0.05, 0.1) is 11.6 Å². The van der Waals surface area contributed by atoms with Crippen LogP contribution in [0.1, 0.15) is 45.2 Å². The van der Waals surface area contributed by atoms with Crippen LogP contribution in [0.3, 0.4) is 0 Å². The quantitative estimate of drug-likeness (QED) is 0.785. The summed E-state index contributed by atoms with van der Waals surface area (Å²) in [6.45, 7) is 5.47. The Hall–Kier alpha value is -2.84. The maximum atomic E-state index is 12.2. The van der Waals surface area contributed by atoms with Crippen molar-refractivity contribution in [3.8, 4) is 0 Å². The van der Waals surface area contributed by atoms with Crippen LogP contribution < -0.4 is 10.6 Å². The van der Waals surface area contributed by atoms with Gasteiger partial charge in [0, 0.05) is 17.8 Å². The summed E-state index contributed by atoms with van der Waals surface area (Å²) in [7, 11) is 0. The largest absolute Gasteiger partial charge is 0.345 e. The fourth-order valence-corrected chi connectivity index (χ4v) is 2.96. The number of nitrogens with zero attached hydrogens (tertiary/aromatic N) is 4. The van der Waals surface area contributed by atoms with Crippen molar-refractivity contribution >= 4 is 35.2 Å². The first kappa shape index (κ1) is 18.0. The number of aliphatic imine (C=N–C) groups is 2. The molecule has 26 heavy (non-hydrogen) atoms. The number of hydrogen-bond acceptors (Lipinski definition) is 5. The van der Waals surface area contributed by atoms with Crippen LogP contribution in [0.25, 0.3) is 0 Å². The lowest BCUT2D eigenvalue weighted by atomic mass is 10.1. The van der Waals surface area contributed by atoms with Gasteiger partial charge in [0.25, 0.3) is 11.9 Å². The van der Waals surface area contributed by atoms with Gasteiger partial charge in [0.1, 0.15) is 5.82 Å². The highest BCUT2D eigenvalue weighted by molar-refractivity contribution is 6.39. The summed E-state index contributed by atoms with van der Waals surface area (Å²) in [4.78, 5) is 44.8. The molecule has 1 aliphatic heterocycles. The van der Waals surface area contributed by atoms with Crippen LogP contribution in [0.5, 0.6) is 0 Å². The van der Waals surface area contributed by atoms with Crippen molar-refractivity contribution in [2.75, 3.05) is 5.32 Å². The van der Waals surface area contributed by atoms with Gasteiger partial charge in [-0.2, -0.15) is 14.8 Å². The number of aromatic nitrogens is 2. The number of aryl methyl sites for hydroxylation is 1. The Morgan fingerprint density at radius 3 is 2.85 bits per heavy atom. The van der Waals surface area contributed by atoms with Gasteiger partial charge in [-0.05, 0) is 39.5 Å². The third-order valence-electron chi connectivity index (χ3n) is 4.54. The molecule has 1 aromatic heterocycles. The van der Waals surface area contributed by atoms with Crippen molar-refractivity contribution in [1.82, 2.24) is 15.1 Å². The summed E-state index contributed by atoms with van der Waals surface area (Å²) < 4.78 is 1.29. The number of fused-ring (bicyclic) bond motifs is 1. The van der Waals surface area contributed by atoms with Crippen molar-refractivity contribution in [1.29, 1.82) is 0 Å². The lowest BCUT2D eigenvalue weighted by molar-refractivity contribution is -0.136. The number of nitrogens with one attached hydrogen (secondary N) is 2. The van der Waals surface area contributed by atoms with E-state index in [9.17, 15) is 14.4 Å². The summed E-state index contributed by atoms with van der Waals surface area (Å²) >= 11 is 0. The Morgan fingerprint density at radius 1 is 1.35 bits per heavy atom. The number of carbonyl (C=O) groups excluding carboxylic acids is 3. The molecule has 1 fully saturated rings. The molecule has 0 radical (unpaired) electrons. The van der Waals surface area contributed by atoms with E-state index < -0.39 is 11.8 Å². The number of rotatable bonds is 3. The summed E-state index contributed by atoms with van der Waals surface area (Å²) in [6.07, 6.45) is 3.16. The fourth-order valence-electron chi connectivity index (χ4n) is 2.96. The predicted molar refractivity (Wildman–Crippen MR) is 96.1 cm³/mol. The van der Waals surface area contributed by atoms with Gasteiger partial charge in [-0.3, -0.25) is 14.4 Å². The molecule has 3 rings (SSSR count). The minimum Gasteiger partial charge on any atom is -0.345 e. The Kier molecular flexibility index (Phi) is 4.97. The molecular formula is C17H22N6O3. The van der Waals surface area contributed by atoms with Crippen molar-refractivity contribution in [3.05, 3.63) is 11.8 Å². The molecule has 0 aromatic carbocycles. The standard InChI is InChI=1S/C17H22N6O3/c1-4-9(2)18-15(25)16(26)20-13-8-10(3)22-23(13)17-19-12-7-5-6-11(12)14(24)21-17/h8-9,11H,4-7H2,1-3H3,(H,18,25)(H,20,26). The maximum Gasteiger partial charge on any atom is 0.314 e. The minimum absolute atomic E-state index is 0.106. The zero-order chi connectivity index (χ0) is 18.8. The van der Waals surface area contributed by atoms with Crippen LogP contribution in [0.2, 0.25) is 0 Å². The molecule has 2 N–H and O–H groups in total. The van der Waals surface area contributed by atoms with Crippen molar-refractivity contribution in [2.24, 2.45) is 15.9 Å². The molecule has 1 aliphatic carbocycles. The third-order valence-corrected chi connectivity index (χ3v) is 4.54. The molecule has 3 amide bonds. The topological polar surface area (TPSA) is 118 Å². The van der Waals surface area contributed by atoms with E-state index in [1.807, 2.05) is 13.8 Å². The first-order valence-electron chi connectivity index (χ1n) is 8.78. The van der Waals surface area contributed by atoms with E-state index in [4.69, 9.17) is 0 Å². The van der Waals surface area contributed by atoms with Crippen LogP contribution >= 0.6 is 0 Å². The highest BCUT2D eigenvalue weighted by Crippen LogP contribution is 2.27. The molecule has 0 spiro atoms. The SMILES string of the molecule is CCC(C)NC(=O)C(=O)Nc1cc(C)nn1C1=NC(=O)C2CCCC2=N1. The molecule has 0 bridgehead atoms. The normalized spacial score (nSPS) is 20.1. The van der Waals surface area contributed by atoms with Crippen LogP contribution in [0.15, 0.2) is 16.1 Å². The summed E-state index contributed by atoms with van der Waals surface area (Å²) in [5.74, 6) is -1.63. The highest BCUT2D eigenvalue weighted by Gasteiger charge is 2.33. The fraction of sp³-hybridized carbons (Fsp3) is 0.529. The van der Waals surface area contributed by atoms with E-state index in [0.717, 1.165) is 25.0 Å². The molecule has 0 saturated heterocycles. The summed E-state index contributed by atoms with van der Waals surface area (Å²) in [5, 5.41) is 9.37. The number of amides is 3. The number of carbonyl (C=O) groups is 3. The molecule has 1 aromatic rings. The molecule has 2 atom stereocenters. The second kappa shape index (κ2) is 7.19. The Balaban J connectivity index is 1.82. The highest BCUT2D eigenvalue weighted by atomic mass is 16.2. The monoisotopic (exact) mass is 358 g/mol. The molecule has 2 aliphatic rings. The average Bonchev–Trinajstić information content (AvgIpc) is 3.21. The van der Waals surface area contributed by atoms with Crippen molar-refractivity contribution in [3.63, 3.8) is 0 Å². The first-order valence-corrected chi connectivity index (χ1v) is 8.78. The molecule has 2 heterocycles. The predicted octanol–water partition coefficient (Wildman–Crippen LogP) is 1.03. The zero-order valence-electron chi connectivity index (χ0n) is 15.1. The average molecular weight is 358 g/mol. The zero-order valence-corrected chi connectivity index (χ0v) is 15.1. The number of hydrogen-bond donors (Lipinski definition) is 2.